The normalized spacial score (nSPS) is 21.7. The molecule has 0 radical (unpaired) electrons. The summed E-state index contributed by atoms with van der Waals surface area (Å²) in [7, 11) is 0. The zero-order valence-corrected chi connectivity index (χ0v) is 13.2. The van der Waals surface area contributed by atoms with E-state index in [9.17, 15) is 13.2 Å². The summed E-state index contributed by atoms with van der Waals surface area (Å²) in [6, 6.07) is 0. The highest BCUT2D eigenvalue weighted by Crippen LogP contribution is 2.38. The van der Waals surface area contributed by atoms with Gasteiger partial charge in [0.1, 0.15) is 16.5 Å². The Balaban J connectivity index is 1.54. The molecule has 1 fully saturated rings. The largest absolute Gasteiger partial charge is 0.427 e. The summed E-state index contributed by atoms with van der Waals surface area (Å²) in [5.74, 6) is 2.22. The van der Waals surface area contributed by atoms with E-state index < -0.39 is 11.1 Å². The molecular formula is C14H16F3N5S. The van der Waals surface area contributed by atoms with Crippen LogP contribution in [0.5, 0.6) is 0 Å². The second kappa shape index (κ2) is 5.47. The molecule has 0 amide bonds. The summed E-state index contributed by atoms with van der Waals surface area (Å²) in [5, 5.41) is 9.01. The highest BCUT2D eigenvalue weighted by atomic mass is 32.1. The maximum absolute atomic E-state index is 12.7. The average Bonchev–Trinajstić information content (AvgIpc) is 3.23. The van der Waals surface area contributed by atoms with Crippen LogP contribution in [-0.4, -0.2) is 32.8 Å². The minimum atomic E-state index is -4.32. The van der Waals surface area contributed by atoms with Crippen molar-refractivity contribution >= 4 is 16.5 Å². The van der Waals surface area contributed by atoms with Crippen LogP contribution in [0.15, 0.2) is 6.20 Å². The van der Waals surface area contributed by atoms with Crippen LogP contribution in [-0.2, 0) is 19.1 Å². The van der Waals surface area contributed by atoms with Crippen molar-refractivity contribution < 1.29 is 13.2 Å². The Bertz CT molecular complexity index is 708. The molecule has 1 saturated heterocycles. The fraction of sp³-hybridized carbons (Fsp3) is 0.643. The first-order valence-corrected chi connectivity index (χ1v) is 8.54. The number of aryl methyl sites for hydroxylation is 1. The second-order valence-corrected chi connectivity index (χ2v) is 7.03. The zero-order chi connectivity index (χ0) is 16.0. The molecule has 0 aromatic carbocycles. The highest BCUT2D eigenvalue weighted by molar-refractivity contribution is 7.15. The van der Waals surface area contributed by atoms with Gasteiger partial charge in [0.25, 0.3) is 0 Å². The molecule has 0 bridgehead atoms. The fourth-order valence-corrected chi connectivity index (χ4v) is 4.20. The molecule has 1 unspecified atom stereocenters. The zero-order valence-electron chi connectivity index (χ0n) is 12.4. The third kappa shape index (κ3) is 2.71. The first-order chi connectivity index (χ1) is 11.0. The molecule has 0 N–H and O–H groups in total. The average molecular weight is 343 g/mol. The quantitative estimate of drug-likeness (QED) is 0.841. The lowest BCUT2D eigenvalue weighted by atomic mass is 9.97. The van der Waals surface area contributed by atoms with Gasteiger partial charge in [-0.3, -0.25) is 0 Å². The van der Waals surface area contributed by atoms with Crippen LogP contribution in [0, 0.1) is 0 Å². The van der Waals surface area contributed by atoms with Gasteiger partial charge in [-0.25, -0.2) is 4.98 Å². The van der Waals surface area contributed by atoms with Gasteiger partial charge in [-0.1, -0.05) is 11.3 Å². The summed E-state index contributed by atoms with van der Waals surface area (Å²) in [4.78, 5) is 5.28. The van der Waals surface area contributed by atoms with Crippen molar-refractivity contribution in [1.82, 2.24) is 19.7 Å². The first-order valence-electron chi connectivity index (χ1n) is 7.72. The number of piperidine rings is 1. The summed E-state index contributed by atoms with van der Waals surface area (Å²) >= 11 is 0.718. The topological polar surface area (TPSA) is 46.8 Å². The van der Waals surface area contributed by atoms with Crippen LogP contribution in [0.1, 0.15) is 41.7 Å². The number of hydrogen-bond donors (Lipinski definition) is 0. The summed E-state index contributed by atoms with van der Waals surface area (Å²) in [5.41, 5.74) is 0. The third-order valence-corrected chi connectivity index (χ3v) is 5.57. The van der Waals surface area contributed by atoms with Gasteiger partial charge in [-0.05, 0) is 19.3 Å². The van der Waals surface area contributed by atoms with E-state index in [0.717, 1.165) is 68.0 Å². The van der Waals surface area contributed by atoms with E-state index in [0.29, 0.717) is 11.7 Å². The van der Waals surface area contributed by atoms with E-state index >= 15 is 0 Å². The van der Waals surface area contributed by atoms with Crippen molar-refractivity contribution in [2.45, 2.75) is 44.3 Å². The minimum Gasteiger partial charge on any atom is -0.347 e. The van der Waals surface area contributed by atoms with Gasteiger partial charge in [0, 0.05) is 32.0 Å². The number of alkyl halides is 3. The Hall–Kier alpha value is -1.64. The predicted molar refractivity (Wildman–Crippen MR) is 79.6 cm³/mol. The molecule has 2 aliphatic rings. The van der Waals surface area contributed by atoms with Gasteiger partial charge < -0.3 is 9.47 Å². The predicted octanol–water partition coefficient (Wildman–Crippen LogP) is 3.08. The number of nitrogens with zero attached hydrogens (tertiary/aromatic N) is 5. The number of fused-ring (bicyclic) bond motifs is 1. The Labute approximate surface area is 135 Å². The molecule has 4 rings (SSSR count). The van der Waals surface area contributed by atoms with E-state index in [2.05, 4.69) is 19.7 Å². The minimum absolute atomic E-state index is 0.210. The number of anilines is 1. The van der Waals surface area contributed by atoms with Gasteiger partial charge in [-0.2, -0.15) is 13.2 Å². The van der Waals surface area contributed by atoms with Crippen molar-refractivity contribution in [3.8, 4) is 0 Å². The summed E-state index contributed by atoms with van der Waals surface area (Å²) in [6.07, 6.45) is 0.581. The smallest absolute Gasteiger partial charge is 0.347 e. The van der Waals surface area contributed by atoms with Crippen LogP contribution < -0.4 is 4.90 Å². The van der Waals surface area contributed by atoms with Crippen molar-refractivity contribution in [2.75, 3.05) is 18.0 Å². The molecule has 4 heterocycles. The SMILES string of the molecule is FC(F)(F)c1cnc(N2CCCC(c3nnc4n3CCC4)C2)s1. The maximum atomic E-state index is 12.7. The van der Waals surface area contributed by atoms with Crippen LogP contribution in [0.25, 0.3) is 0 Å². The van der Waals surface area contributed by atoms with Gasteiger partial charge >= 0.3 is 6.18 Å². The molecule has 124 valence electrons. The van der Waals surface area contributed by atoms with Gasteiger partial charge in [0.05, 0.1) is 6.20 Å². The maximum Gasteiger partial charge on any atom is 0.427 e. The molecule has 9 heteroatoms. The van der Waals surface area contributed by atoms with Crippen LogP contribution in [0.2, 0.25) is 0 Å². The van der Waals surface area contributed by atoms with Crippen molar-refractivity contribution in [3.05, 3.63) is 22.7 Å². The number of rotatable bonds is 2. The molecule has 23 heavy (non-hydrogen) atoms. The first kappa shape index (κ1) is 14.9. The second-order valence-electron chi connectivity index (χ2n) is 6.02. The molecule has 2 aromatic heterocycles. The standard InChI is InChI=1S/C14H16F3N5S/c15-14(16,17)10-7-18-13(23-10)21-5-1-3-9(8-21)12-20-19-11-4-2-6-22(11)12/h7,9H,1-6,8H2. The monoisotopic (exact) mass is 343 g/mol. The molecular weight excluding hydrogens is 327 g/mol. The van der Waals surface area contributed by atoms with Crippen molar-refractivity contribution in [3.63, 3.8) is 0 Å². The molecule has 2 aliphatic heterocycles. The lowest BCUT2D eigenvalue weighted by Gasteiger charge is -2.32. The highest BCUT2D eigenvalue weighted by Gasteiger charge is 2.35. The van der Waals surface area contributed by atoms with Crippen LogP contribution in [0.3, 0.4) is 0 Å². The molecule has 0 saturated carbocycles. The number of thiazole rings is 1. The number of halogens is 3. The van der Waals surface area contributed by atoms with Gasteiger partial charge in [-0.15, -0.1) is 10.2 Å². The summed E-state index contributed by atoms with van der Waals surface area (Å²) in [6.45, 7) is 2.34. The molecule has 0 spiro atoms. The molecule has 5 nitrogen and oxygen atoms in total. The van der Waals surface area contributed by atoms with Crippen LogP contribution in [0.4, 0.5) is 18.3 Å². The van der Waals surface area contributed by atoms with Gasteiger partial charge in [0.15, 0.2) is 5.13 Å². The Morgan fingerprint density at radius 1 is 1.17 bits per heavy atom. The number of hydrogen-bond acceptors (Lipinski definition) is 5. The van der Waals surface area contributed by atoms with E-state index in [1.807, 2.05) is 4.90 Å². The third-order valence-electron chi connectivity index (χ3n) is 4.47. The lowest BCUT2D eigenvalue weighted by Crippen LogP contribution is -2.35. The molecule has 0 aliphatic carbocycles. The summed E-state index contributed by atoms with van der Waals surface area (Å²) < 4.78 is 40.4. The Morgan fingerprint density at radius 3 is 2.83 bits per heavy atom. The van der Waals surface area contributed by atoms with Gasteiger partial charge in [0.2, 0.25) is 0 Å². The van der Waals surface area contributed by atoms with Crippen molar-refractivity contribution in [2.24, 2.45) is 0 Å². The van der Waals surface area contributed by atoms with E-state index in [4.69, 9.17) is 0 Å². The van der Waals surface area contributed by atoms with E-state index in [1.165, 1.54) is 0 Å². The van der Waals surface area contributed by atoms with Crippen LogP contribution >= 0.6 is 11.3 Å². The molecule has 1 atom stereocenters. The van der Waals surface area contributed by atoms with E-state index in [1.54, 1.807) is 0 Å². The fourth-order valence-electron chi connectivity index (χ4n) is 3.38. The Morgan fingerprint density at radius 2 is 2.04 bits per heavy atom. The lowest BCUT2D eigenvalue weighted by molar-refractivity contribution is -0.134. The molecule has 2 aromatic rings. The van der Waals surface area contributed by atoms with E-state index in [-0.39, 0.29) is 5.92 Å². The number of aromatic nitrogens is 4. The van der Waals surface area contributed by atoms with Crippen molar-refractivity contribution in [1.29, 1.82) is 0 Å². The Kier molecular flexibility index (Phi) is 3.55.